The van der Waals surface area contributed by atoms with Gasteiger partial charge in [0.2, 0.25) is 0 Å². The molecule has 4 nitrogen and oxygen atoms in total. The van der Waals surface area contributed by atoms with E-state index in [0.717, 1.165) is 21.7 Å². The Hall–Kier alpha value is -2.39. The zero-order valence-corrected chi connectivity index (χ0v) is 16.7. The molecule has 1 N–H and O–H groups in total. The van der Waals surface area contributed by atoms with Gasteiger partial charge < -0.3 is 14.4 Å². The summed E-state index contributed by atoms with van der Waals surface area (Å²) in [4.78, 5) is 1.84. The summed E-state index contributed by atoms with van der Waals surface area (Å²) in [6.07, 6.45) is -0.848. The number of rotatable bonds is 3. The van der Waals surface area contributed by atoms with Crippen molar-refractivity contribution in [1.82, 2.24) is 4.90 Å². The molecule has 0 radical (unpaired) electrons. The van der Waals surface area contributed by atoms with Gasteiger partial charge in [0.1, 0.15) is 17.8 Å². The van der Waals surface area contributed by atoms with Crippen LogP contribution in [-0.2, 0) is 4.57 Å². The molecule has 5 rings (SSSR count). The molecule has 142 valence electrons. The Morgan fingerprint density at radius 1 is 0.964 bits per heavy atom. The molecule has 0 aromatic heterocycles. The minimum Gasteiger partial charge on any atom is -0.470 e. The predicted octanol–water partition coefficient (Wildman–Crippen LogP) is 3.75. The lowest BCUT2D eigenvalue weighted by atomic mass is 10.1. The Morgan fingerprint density at radius 3 is 2.11 bits per heavy atom. The lowest BCUT2D eigenvalue weighted by Crippen LogP contribution is -2.31. The highest BCUT2D eigenvalue weighted by Crippen LogP contribution is 2.69. The average Bonchev–Trinajstić information content (AvgIpc) is 3.36. The van der Waals surface area contributed by atoms with Crippen molar-refractivity contribution in [1.29, 1.82) is 0 Å². The largest absolute Gasteiger partial charge is 0.470 e. The second kappa shape index (κ2) is 6.05. The summed E-state index contributed by atoms with van der Waals surface area (Å²) in [7, 11) is -3.09. The Morgan fingerprint density at radius 2 is 1.54 bits per heavy atom. The summed E-state index contributed by atoms with van der Waals surface area (Å²) in [6.45, 7) is 3.90. The van der Waals surface area contributed by atoms with Crippen molar-refractivity contribution in [2.24, 2.45) is 0 Å². The van der Waals surface area contributed by atoms with Gasteiger partial charge in [-0.15, -0.1) is 0 Å². The number of benzene rings is 3. The Balaban J connectivity index is 1.66. The van der Waals surface area contributed by atoms with Crippen molar-refractivity contribution in [2.45, 2.75) is 31.6 Å². The number of hydrogen-bond donors (Lipinski definition) is 1. The molecule has 3 aromatic carbocycles. The van der Waals surface area contributed by atoms with E-state index >= 15 is 0 Å². The number of aliphatic hydroxyl groups excluding tert-OH is 1. The average molecular weight is 391 g/mol. The van der Waals surface area contributed by atoms with Crippen molar-refractivity contribution >= 4 is 17.8 Å². The van der Waals surface area contributed by atoms with Crippen LogP contribution in [0.2, 0.25) is 0 Å². The summed E-state index contributed by atoms with van der Waals surface area (Å²) in [5, 5.41) is 12.7. The molecule has 1 saturated heterocycles. The first kappa shape index (κ1) is 17.7. The van der Waals surface area contributed by atoms with Crippen molar-refractivity contribution < 1.29 is 14.4 Å². The number of fused-ring (bicyclic) bond motifs is 2. The summed E-state index contributed by atoms with van der Waals surface area (Å²) in [5.41, 5.74) is 0.966. The van der Waals surface area contributed by atoms with Gasteiger partial charge in [-0.3, -0.25) is 0 Å². The quantitative estimate of drug-likeness (QED) is 0.546. The fourth-order valence-electron chi connectivity index (χ4n) is 4.44. The third kappa shape index (κ3) is 2.35. The van der Waals surface area contributed by atoms with E-state index in [9.17, 15) is 9.67 Å². The highest BCUT2D eigenvalue weighted by atomic mass is 31.2. The lowest BCUT2D eigenvalue weighted by molar-refractivity contribution is -0.0157. The summed E-state index contributed by atoms with van der Waals surface area (Å²) < 4.78 is 21.0. The minimum absolute atomic E-state index is 0.437. The number of ether oxygens (including phenoxy) is 1. The van der Waals surface area contributed by atoms with E-state index in [0.29, 0.717) is 5.75 Å². The van der Waals surface area contributed by atoms with Crippen LogP contribution in [0.3, 0.4) is 0 Å². The molecule has 5 heteroatoms. The van der Waals surface area contributed by atoms with E-state index in [1.54, 1.807) is 0 Å². The Labute approximate surface area is 164 Å². The molecule has 1 fully saturated rings. The van der Waals surface area contributed by atoms with Crippen LogP contribution in [0.1, 0.15) is 24.3 Å². The molecule has 0 bridgehead atoms. The van der Waals surface area contributed by atoms with Crippen LogP contribution in [-0.4, -0.2) is 21.5 Å². The zero-order chi connectivity index (χ0) is 19.5. The fourth-order valence-corrected chi connectivity index (χ4v) is 8.03. The highest BCUT2D eigenvalue weighted by Gasteiger charge is 2.74. The molecule has 3 aromatic rings. The molecule has 0 amide bonds. The number of aliphatic hydroxyl groups is 1. The van der Waals surface area contributed by atoms with Crippen LogP contribution < -0.4 is 15.3 Å². The molecule has 4 atom stereocenters. The van der Waals surface area contributed by atoms with Gasteiger partial charge in [0, 0.05) is 16.2 Å². The smallest absolute Gasteiger partial charge is 0.187 e. The van der Waals surface area contributed by atoms with Crippen LogP contribution in [0.25, 0.3) is 0 Å². The maximum absolute atomic E-state index is 14.7. The standard InChI is InChI=1S/C23H22NO3P/c1-16-13-14-20-19(15-16)21(25)24-22(23(24,2)27-20)28(26,17-9-5-3-6-10-17)18-11-7-4-8-12-18/h3-15,21-22,25H,1-2H3/t21-,22-,23-,24?/m0/s1. The topological polar surface area (TPSA) is 49.5 Å². The van der Waals surface area contributed by atoms with Crippen LogP contribution in [0.15, 0.2) is 78.9 Å². The third-order valence-electron chi connectivity index (χ3n) is 5.84. The number of nitrogens with zero attached hydrogens (tertiary/aromatic N) is 1. The van der Waals surface area contributed by atoms with E-state index in [1.165, 1.54) is 0 Å². The minimum atomic E-state index is -3.09. The second-order valence-corrected chi connectivity index (χ2v) is 10.5. The Bertz CT molecular complexity index is 1040. The zero-order valence-electron chi connectivity index (χ0n) is 15.8. The fraction of sp³-hybridized carbons (Fsp3) is 0.217. The molecule has 0 saturated carbocycles. The predicted molar refractivity (Wildman–Crippen MR) is 111 cm³/mol. The van der Waals surface area contributed by atoms with Crippen molar-refractivity contribution in [3.05, 3.63) is 90.0 Å². The molecule has 2 heterocycles. The van der Waals surface area contributed by atoms with E-state index in [1.807, 2.05) is 97.6 Å². The Kier molecular flexibility index (Phi) is 3.82. The van der Waals surface area contributed by atoms with Gasteiger partial charge in [0.15, 0.2) is 12.9 Å². The summed E-state index contributed by atoms with van der Waals surface area (Å²) >= 11 is 0. The van der Waals surface area contributed by atoms with Gasteiger partial charge in [-0.2, -0.15) is 0 Å². The van der Waals surface area contributed by atoms with Gasteiger partial charge in [-0.25, -0.2) is 4.90 Å². The van der Waals surface area contributed by atoms with E-state index in [4.69, 9.17) is 4.74 Å². The van der Waals surface area contributed by atoms with Crippen molar-refractivity contribution in [2.75, 3.05) is 0 Å². The number of hydrogen-bond acceptors (Lipinski definition) is 4. The first-order valence-electron chi connectivity index (χ1n) is 9.43. The van der Waals surface area contributed by atoms with E-state index in [-0.39, 0.29) is 0 Å². The van der Waals surface area contributed by atoms with Gasteiger partial charge in [0.25, 0.3) is 0 Å². The second-order valence-electron chi connectivity index (χ2n) is 7.68. The van der Waals surface area contributed by atoms with Crippen molar-refractivity contribution in [3.8, 4) is 5.75 Å². The monoisotopic (exact) mass is 391 g/mol. The highest BCUT2D eigenvalue weighted by molar-refractivity contribution is 7.79. The van der Waals surface area contributed by atoms with Crippen LogP contribution in [0, 0.1) is 6.92 Å². The molecule has 2 aliphatic heterocycles. The maximum Gasteiger partial charge on any atom is 0.187 e. The molecule has 1 unspecified atom stereocenters. The van der Waals surface area contributed by atoms with Gasteiger partial charge in [-0.1, -0.05) is 72.3 Å². The molecule has 0 spiro atoms. The first-order valence-corrected chi connectivity index (χ1v) is 11.2. The molecule has 0 aliphatic carbocycles. The van der Waals surface area contributed by atoms with Crippen LogP contribution in [0.4, 0.5) is 0 Å². The van der Waals surface area contributed by atoms with Gasteiger partial charge in [-0.05, 0) is 26.0 Å². The van der Waals surface area contributed by atoms with E-state index < -0.39 is 24.9 Å². The van der Waals surface area contributed by atoms with Crippen molar-refractivity contribution in [3.63, 3.8) is 0 Å². The van der Waals surface area contributed by atoms with Gasteiger partial charge in [0.05, 0.1) is 0 Å². The molecule has 28 heavy (non-hydrogen) atoms. The molecular formula is C23H22NO3P. The SMILES string of the molecule is Cc1ccc2c(c1)[C@H](O)N1[C@@H](P(=O)(c3ccccc3)c3ccccc3)[C@]1(C)O2. The maximum atomic E-state index is 14.7. The normalized spacial score (nSPS) is 28.0. The lowest BCUT2D eigenvalue weighted by Gasteiger charge is -2.27. The summed E-state index contributed by atoms with van der Waals surface area (Å²) in [5.74, 6) is 0.222. The van der Waals surface area contributed by atoms with E-state index in [2.05, 4.69) is 0 Å². The third-order valence-corrected chi connectivity index (χ3v) is 9.38. The van der Waals surface area contributed by atoms with Gasteiger partial charge >= 0.3 is 0 Å². The summed E-state index contributed by atoms with van der Waals surface area (Å²) in [6, 6.07) is 24.9. The van der Waals surface area contributed by atoms with Crippen LogP contribution >= 0.6 is 7.14 Å². The molecular weight excluding hydrogens is 369 g/mol. The van der Waals surface area contributed by atoms with Crippen LogP contribution in [0.5, 0.6) is 5.75 Å². The molecule has 2 aliphatic rings. The first-order chi connectivity index (χ1) is 13.5. The number of aryl methyl sites for hydroxylation is 1.